The molecular formula is C11H9ClFNO. The van der Waals surface area contributed by atoms with Crippen LogP contribution in [0.2, 0.25) is 5.02 Å². The van der Waals surface area contributed by atoms with E-state index in [1.165, 1.54) is 12.1 Å². The normalized spacial score (nSPS) is 16.8. The molecule has 0 aromatic heterocycles. The molecule has 2 nitrogen and oxygen atoms in total. The van der Waals surface area contributed by atoms with E-state index in [9.17, 15) is 9.18 Å². The number of halogens is 2. The molecule has 0 spiro atoms. The number of carbonyl (C=O) groups excluding carboxylic acids is 1. The van der Waals surface area contributed by atoms with Crippen LogP contribution in [-0.2, 0) is 11.2 Å². The Hall–Kier alpha value is -1.35. The summed E-state index contributed by atoms with van der Waals surface area (Å²) < 4.78 is 13.4. The molecule has 0 atom stereocenters. The zero-order valence-corrected chi connectivity index (χ0v) is 8.64. The fourth-order valence-electron chi connectivity index (χ4n) is 1.86. The van der Waals surface area contributed by atoms with Gasteiger partial charge in [-0.2, -0.15) is 0 Å². The van der Waals surface area contributed by atoms with Gasteiger partial charge in [-0.25, -0.2) is 4.39 Å². The van der Waals surface area contributed by atoms with Crippen molar-refractivity contribution in [3.8, 4) is 0 Å². The van der Waals surface area contributed by atoms with Crippen molar-refractivity contribution in [2.75, 3.05) is 0 Å². The van der Waals surface area contributed by atoms with Crippen molar-refractivity contribution in [3.63, 3.8) is 0 Å². The standard InChI is InChI=1S/C11H9ClFNO/c12-7-4-9-6(3-11(14)15)1-2-8(9)10(13)5-7/h3-5H,1-2H2,(H2,14,15)/b6-3-. The molecule has 4 heteroatoms. The van der Waals surface area contributed by atoms with E-state index in [0.717, 1.165) is 5.57 Å². The molecule has 2 N–H and O–H groups in total. The van der Waals surface area contributed by atoms with Crippen LogP contribution >= 0.6 is 11.6 Å². The van der Waals surface area contributed by atoms with Gasteiger partial charge in [-0.15, -0.1) is 0 Å². The Kier molecular flexibility index (Phi) is 2.49. The van der Waals surface area contributed by atoms with Crippen LogP contribution in [-0.4, -0.2) is 5.91 Å². The second-order valence-electron chi connectivity index (χ2n) is 3.49. The minimum Gasteiger partial charge on any atom is -0.366 e. The Bertz CT molecular complexity index is 468. The number of rotatable bonds is 1. The Morgan fingerprint density at radius 2 is 2.20 bits per heavy atom. The summed E-state index contributed by atoms with van der Waals surface area (Å²) in [4.78, 5) is 10.8. The molecule has 0 aliphatic heterocycles. The lowest BCUT2D eigenvalue weighted by Crippen LogP contribution is -2.06. The van der Waals surface area contributed by atoms with Crippen molar-refractivity contribution < 1.29 is 9.18 Å². The minimum absolute atomic E-state index is 0.314. The predicted octanol–water partition coefficient (Wildman–Crippen LogP) is 2.29. The van der Waals surface area contributed by atoms with Gasteiger partial charge in [0.05, 0.1) is 0 Å². The highest BCUT2D eigenvalue weighted by molar-refractivity contribution is 6.30. The van der Waals surface area contributed by atoms with Crippen LogP contribution in [0.5, 0.6) is 0 Å². The lowest BCUT2D eigenvalue weighted by molar-refractivity contribution is -0.113. The molecule has 1 aromatic rings. The van der Waals surface area contributed by atoms with Crippen LogP contribution in [0.25, 0.3) is 5.57 Å². The quantitative estimate of drug-likeness (QED) is 0.733. The van der Waals surface area contributed by atoms with Crippen molar-refractivity contribution in [3.05, 3.63) is 40.2 Å². The number of allylic oxidation sites excluding steroid dienone is 1. The molecule has 2 rings (SSSR count). The molecule has 15 heavy (non-hydrogen) atoms. The van der Waals surface area contributed by atoms with Gasteiger partial charge >= 0.3 is 0 Å². The molecule has 1 amide bonds. The molecule has 0 saturated carbocycles. The Morgan fingerprint density at radius 3 is 2.87 bits per heavy atom. The van der Waals surface area contributed by atoms with Gasteiger partial charge < -0.3 is 5.73 Å². The third-order valence-electron chi connectivity index (χ3n) is 2.47. The summed E-state index contributed by atoms with van der Waals surface area (Å²) in [5.74, 6) is -0.830. The first-order chi connectivity index (χ1) is 7.08. The van der Waals surface area contributed by atoms with Gasteiger partial charge in [0.2, 0.25) is 5.91 Å². The van der Waals surface area contributed by atoms with Crippen LogP contribution in [0.4, 0.5) is 4.39 Å². The molecule has 0 fully saturated rings. The van der Waals surface area contributed by atoms with E-state index in [1.54, 1.807) is 6.07 Å². The monoisotopic (exact) mass is 225 g/mol. The fraction of sp³-hybridized carbons (Fsp3) is 0.182. The Labute approximate surface area is 91.5 Å². The summed E-state index contributed by atoms with van der Waals surface area (Å²) in [5.41, 5.74) is 7.15. The van der Waals surface area contributed by atoms with Gasteiger partial charge in [0.1, 0.15) is 5.82 Å². The van der Waals surface area contributed by atoms with Crippen molar-refractivity contribution in [2.24, 2.45) is 5.73 Å². The summed E-state index contributed by atoms with van der Waals surface area (Å²) in [6, 6.07) is 2.95. The first-order valence-corrected chi connectivity index (χ1v) is 4.94. The zero-order valence-electron chi connectivity index (χ0n) is 7.89. The second-order valence-corrected chi connectivity index (χ2v) is 3.92. The number of nitrogens with two attached hydrogens (primary N) is 1. The fourth-order valence-corrected chi connectivity index (χ4v) is 2.06. The number of carbonyl (C=O) groups is 1. The highest BCUT2D eigenvalue weighted by Crippen LogP contribution is 2.35. The largest absolute Gasteiger partial charge is 0.366 e. The Morgan fingerprint density at radius 1 is 1.47 bits per heavy atom. The molecule has 1 aliphatic rings. The summed E-state index contributed by atoms with van der Waals surface area (Å²) in [6.45, 7) is 0. The minimum atomic E-state index is -0.516. The predicted molar refractivity (Wildman–Crippen MR) is 56.9 cm³/mol. The van der Waals surface area contributed by atoms with Crippen LogP contribution < -0.4 is 5.73 Å². The maximum Gasteiger partial charge on any atom is 0.241 e. The number of amides is 1. The molecule has 0 radical (unpaired) electrons. The van der Waals surface area contributed by atoms with Crippen molar-refractivity contribution in [1.29, 1.82) is 0 Å². The average molecular weight is 226 g/mol. The first kappa shape index (κ1) is 10.2. The summed E-state index contributed by atoms with van der Waals surface area (Å²) in [5, 5.41) is 0.337. The smallest absolute Gasteiger partial charge is 0.241 e. The van der Waals surface area contributed by atoms with Gasteiger partial charge in [-0.1, -0.05) is 11.6 Å². The maximum absolute atomic E-state index is 13.4. The van der Waals surface area contributed by atoms with E-state index >= 15 is 0 Å². The molecule has 0 saturated heterocycles. The van der Waals surface area contributed by atoms with Crippen LogP contribution in [0, 0.1) is 5.82 Å². The first-order valence-electron chi connectivity index (χ1n) is 4.56. The molecule has 78 valence electrons. The number of primary amides is 1. The lowest BCUT2D eigenvalue weighted by Gasteiger charge is -2.02. The van der Waals surface area contributed by atoms with E-state index in [-0.39, 0.29) is 5.82 Å². The van der Waals surface area contributed by atoms with E-state index in [0.29, 0.717) is 29.0 Å². The summed E-state index contributed by atoms with van der Waals surface area (Å²) in [7, 11) is 0. The molecule has 0 heterocycles. The van der Waals surface area contributed by atoms with Gasteiger partial charge in [0, 0.05) is 11.1 Å². The van der Waals surface area contributed by atoms with Gasteiger partial charge in [0.15, 0.2) is 0 Å². The van der Waals surface area contributed by atoms with Gasteiger partial charge in [0.25, 0.3) is 0 Å². The average Bonchev–Trinajstić information content (AvgIpc) is 2.48. The molecule has 0 bridgehead atoms. The Balaban J connectivity index is 2.55. The molecule has 1 aliphatic carbocycles. The van der Waals surface area contributed by atoms with E-state index in [2.05, 4.69) is 0 Å². The van der Waals surface area contributed by atoms with Gasteiger partial charge in [-0.05, 0) is 41.7 Å². The third-order valence-corrected chi connectivity index (χ3v) is 2.69. The van der Waals surface area contributed by atoms with Crippen molar-refractivity contribution >= 4 is 23.1 Å². The van der Waals surface area contributed by atoms with Crippen LogP contribution in [0.15, 0.2) is 18.2 Å². The lowest BCUT2D eigenvalue weighted by atomic mass is 10.1. The van der Waals surface area contributed by atoms with E-state index in [1.807, 2.05) is 0 Å². The number of hydrogen-bond donors (Lipinski definition) is 1. The molecule has 0 unspecified atom stereocenters. The topological polar surface area (TPSA) is 43.1 Å². The van der Waals surface area contributed by atoms with E-state index in [4.69, 9.17) is 17.3 Å². The summed E-state index contributed by atoms with van der Waals surface area (Å²) in [6.07, 6.45) is 2.56. The van der Waals surface area contributed by atoms with Gasteiger partial charge in [-0.3, -0.25) is 4.79 Å². The summed E-state index contributed by atoms with van der Waals surface area (Å²) >= 11 is 5.75. The number of benzene rings is 1. The number of hydrogen-bond acceptors (Lipinski definition) is 1. The molecular weight excluding hydrogens is 217 g/mol. The third kappa shape index (κ3) is 1.88. The van der Waals surface area contributed by atoms with Crippen LogP contribution in [0.3, 0.4) is 0 Å². The highest BCUT2D eigenvalue weighted by atomic mass is 35.5. The SMILES string of the molecule is NC(=O)/C=C1/CCc2c(F)cc(Cl)cc21. The second kappa shape index (κ2) is 3.66. The van der Waals surface area contributed by atoms with Crippen molar-refractivity contribution in [2.45, 2.75) is 12.8 Å². The van der Waals surface area contributed by atoms with Crippen molar-refractivity contribution in [1.82, 2.24) is 0 Å². The zero-order chi connectivity index (χ0) is 11.0. The number of fused-ring (bicyclic) bond motifs is 1. The van der Waals surface area contributed by atoms with Crippen LogP contribution in [0.1, 0.15) is 17.5 Å². The van der Waals surface area contributed by atoms with E-state index < -0.39 is 5.91 Å². The molecule has 1 aromatic carbocycles. The maximum atomic E-state index is 13.4. The highest BCUT2D eigenvalue weighted by Gasteiger charge is 2.20.